The van der Waals surface area contributed by atoms with Gasteiger partial charge in [0.2, 0.25) is 0 Å². The van der Waals surface area contributed by atoms with Crippen molar-refractivity contribution in [1.29, 1.82) is 0 Å². The summed E-state index contributed by atoms with van der Waals surface area (Å²) in [5, 5.41) is 9.02. The Hall–Kier alpha value is -2.61. The second kappa shape index (κ2) is 8.02. The highest BCUT2D eigenvalue weighted by atomic mass is 32.2. The fourth-order valence-corrected chi connectivity index (χ4v) is 6.24. The summed E-state index contributed by atoms with van der Waals surface area (Å²) in [6.45, 7) is 0. The Balaban J connectivity index is 2.11. The Labute approximate surface area is 167 Å². The molecule has 3 rings (SSSR count). The molecule has 0 radical (unpaired) electrons. The molecule has 2 aromatic rings. The minimum absolute atomic E-state index is 0.0247. The van der Waals surface area contributed by atoms with Gasteiger partial charge in [-0.2, -0.15) is 0 Å². The number of carboxylic acid groups (broad SMARTS) is 1. The molecular formula is C21H20F2O5S. The first-order valence-electron chi connectivity index (χ1n) is 9.17. The van der Waals surface area contributed by atoms with Crippen LogP contribution in [0.5, 0.6) is 0 Å². The molecule has 5 nitrogen and oxygen atoms in total. The maximum Gasteiger partial charge on any atom is 0.303 e. The van der Waals surface area contributed by atoms with Gasteiger partial charge in [0.15, 0.2) is 9.84 Å². The highest BCUT2D eigenvalue weighted by molar-refractivity contribution is 7.92. The Bertz CT molecular complexity index is 1020. The van der Waals surface area contributed by atoms with E-state index in [1.165, 1.54) is 24.3 Å². The van der Waals surface area contributed by atoms with E-state index in [2.05, 4.69) is 0 Å². The average Bonchev–Trinajstić information content (AvgIpc) is 2.70. The number of hydrogen-bond donors (Lipinski definition) is 1. The highest BCUT2D eigenvalue weighted by Gasteiger charge is 2.50. The number of halogens is 2. The van der Waals surface area contributed by atoms with Gasteiger partial charge in [-0.1, -0.05) is 12.1 Å². The molecule has 2 aromatic carbocycles. The molecule has 0 saturated heterocycles. The first kappa shape index (κ1) is 21.1. The van der Waals surface area contributed by atoms with Gasteiger partial charge in [0.1, 0.15) is 22.7 Å². The fourth-order valence-electron chi connectivity index (χ4n) is 4.08. The van der Waals surface area contributed by atoms with Crippen molar-refractivity contribution in [3.63, 3.8) is 0 Å². The average molecular weight is 422 g/mol. The van der Waals surface area contributed by atoms with Gasteiger partial charge in [-0.3, -0.25) is 9.59 Å². The van der Waals surface area contributed by atoms with Crippen molar-refractivity contribution in [1.82, 2.24) is 0 Å². The van der Waals surface area contributed by atoms with Crippen LogP contribution in [0.4, 0.5) is 8.78 Å². The van der Waals surface area contributed by atoms with Gasteiger partial charge in [-0.05, 0) is 61.9 Å². The molecule has 8 heteroatoms. The molecule has 0 aliphatic heterocycles. The largest absolute Gasteiger partial charge is 0.481 e. The van der Waals surface area contributed by atoms with Crippen molar-refractivity contribution in [2.75, 3.05) is 0 Å². The lowest BCUT2D eigenvalue weighted by atomic mass is 9.76. The van der Waals surface area contributed by atoms with Crippen molar-refractivity contribution in [2.24, 2.45) is 5.92 Å². The number of aldehydes is 1. The van der Waals surface area contributed by atoms with Crippen LogP contribution in [0.1, 0.15) is 48.0 Å². The number of benzene rings is 2. The van der Waals surface area contributed by atoms with E-state index in [0.717, 1.165) is 18.2 Å². The van der Waals surface area contributed by atoms with E-state index >= 15 is 0 Å². The van der Waals surface area contributed by atoms with Gasteiger partial charge < -0.3 is 5.11 Å². The van der Waals surface area contributed by atoms with Crippen molar-refractivity contribution >= 4 is 22.1 Å². The summed E-state index contributed by atoms with van der Waals surface area (Å²) < 4.78 is 54.1. The zero-order chi connectivity index (χ0) is 21.2. The standard InChI is InChI=1S/C21H20F2O5S/c22-16-3-6-19(23)18(12-16)21(9-7-14(8-10-21)11-20(25)26)29(27,28)17-4-1-15(13-24)2-5-17/h1-6,12-14H,7-11H2,(H,25,26). The number of carbonyl (C=O) groups excluding carboxylic acids is 1. The van der Waals surface area contributed by atoms with Crippen LogP contribution in [0.3, 0.4) is 0 Å². The molecular weight excluding hydrogens is 402 g/mol. The molecule has 0 unspecified atom stereocenters. The van der Waals surface area contributed by atoms with Crippen LogP contribution in [-0.4, -0.2) is 25.8 Å². The number of carbonyl (C=O) groups is 2. The molecule has 0 heterocycles. The molecule has 0 bridgehead atoms. The van der Waals surface area contributed by atoms with Crippen molar-refractivity contribution in [3.8, 4) is 0 Å². The molecule has 0 spiro atoms. The van der Waals surface area contributed by atoms with Crippen molar-refractivity contribution in [3.05, 3.63) is 65.2 Å². The maximum absolute atomic E-state index is 14.7. The topological polar surface area (TPSA) is 88.5 Å². The third-order valence-corrected chi connectivity index (χ3v) is 8.19. The molecule has 1 fully saturated rings. The third-order valence-electron chi connectivity index (χ3n) is 5.64. The van der Waals surface area contributed by atoms with Gasteiger partial charge in [0.25, 0.3) is 0 Å². The molecule has 1 aliphatic rings. The zero-order valence-electron chi connectivity index (χ0n) is 15.5. The number of sulfone groups is 1. The molecule has 0 aromatic heterocycles. The van der Waals surface area contributed by atoms with Crippen LogP contribution >= 0.6 is 0 Å². The van der Waals surface area contributed by atoms with E-state index in [1.54, 1.807) is 0 Å². The van der Waals surface area contributed by atoms with E-state index in [0.29, 0.717) is 11.8 Å². The molecule has 0 amide bonds. The van der Waals surface area contributed by atoms with Crippen LogP contribution in [0, 0.1) is 17.6 Å². The van der Waals surface area contributed by atoms with Gasteiger partial charge >= 0.3 is 5.97 Å². The predicted octanol–water partition coefficient (Wildman–Crippen LogP) is 4.11. The van der Waals surface area contributed by atoms with Gasteiger partial charge in [-0.25, -0.2) is 17.2 Å². The van der Waals surface area contributed by atoms with Crippen LogP contribution in [0.25, 0.3) is 0 Å². The second-order valence-corrected chi connectivity index (χ2v) is 9.61. The summed E-state index contributed by atoms with van der Waals surface area (Å²) in [7, 11) is -4.16. The van der Waals surface area contributed by atoms with E-state index in [9.17, 15) is 26.8 Å². The number of carboxylic acids is 1. The summed E-state index contributed by atoms with van der Waals surface area (Å²) in [5.41, 5.74) is 0.0471. The first-order valence-corrected chi connectivity index (χ1v) is 10.6. The first-order chi connectivity index (χ1) is 13.7. The summed E-state index contributed by atoms with van der Waals surface area (Å²) in [5.74, 6) is -2.78. The SMILES string of the molecule is O=Cc1ccc(S(=O)(=O)C2(c3cc(F)ccc3F)CCC(CC(=O)O)CC2)cc1. The molecule has 154 valence electrons. The minimum atomic E-state index is -4.16. The Morgan fingerprint density at radius 2 is 1.72 bits per heavy atom. The lowest BCUT2D eigenvalue weighted by Gasteiger charge is -2.40. The molecule has 1 saturated carbocycles. The van der Waals surface area contributed by atoms with E-state index in [-0.39, 0.29) is 48.5 Å². The molecule has 1 N–H and O–H groups in total. The zero-order valence-corrected chi connectivity index (χ0v) is 16.3. The van der Waals surface area contributed by atoms with Crippen LogP contribution < -0.4 is 0 Å². The Kier molecular flexibility index (Phi) is 5.84. The maximum atomic E-state index is 14.7. The molecule has 29 heavy (non-hydrogen) atoms. The van der Waals surface area contributed by atoms with E-state index in [4.69, 9.17) is 5.11 Å². The van der Waals surface area contributed by atoms with Crippen molar-refractivity contribution in [2.45, 2.75) is 41.7 Å². The Morgan fingerprint density at radius 1 is 1.10 bits per heavy atom. The quantitative estimate of drug-likeness (QED) is 0.708. The van der Waals surface area contributed by atoms with E-state index < -0.39 is 32.2 Å². The van der Waals surface area contributed by atoms with Crippen LogP contribution in [0.2, 0.25) is 0 Å². The molecule has 0 atom stereocenters. The minimum Gasteiger partial charge on any atom is -0.481 e. The number of hydrogen-bond acceptors (Lipinski definition) is 4. The second-order valence-electron chi connectivity index (χ2n) is 7.35. The summed E-state index contributed by atoms with van der Waals surface area (Å²) >= 11 is 0. The number of rotatable bonds is 6. The third kappa shape index (κ3) is 3.94. The lowest BCUT2D eigenvalue weighted by molar-refractivity contribution is -0.138. The highest BCUT2D eigenvalue weighted by Crippen LogP contribution is 2.49. The normalized spacial score (nSPS) is 22.2. The van der Waals surface area contributed by atoms with E-state index in [1.807, 2.05) is 0 Å². The lowest BCUT2D eigenvalue weighted by Crippen LogP contribution is -2.41. The predicted molar refractivity (Wildman–Crippen MR) is 101 cm³/mol. The smallest absolute Gasteiger partial charge is 0.303 e. The van der Waals surface area contributed by atoms with Gasteiger partial charge in [0, 0.05) is 17.5 Å². The Morgan fingerprint density at radius 3 is 2.28 bits per heavy atom. The summed E-state index contributed by atoms with van der Waals surface area (Å²) in [6.07, 6.45) is 0.944. The van der Waals surface area contributed by atoms with Crippen LogP contribution in [0.15, 0.2) is 47.4 Å². The molecule has 1 aliphatic carbocycles. The number of aliphatic carboxylic acids is 1. The van der Waals surface area contributed by atoms with Gasteiger partial charge in [0.05, 0.1) is 4.90 Å². The van der Waals surface area contributed by atoms with Gasteiger partial charge in [-0.15, -0.1) is 0 Å². The van der Waals surface area contributed by atoms with Crippen molar-refractivity contribution < 1.29 is 31.9 Å². The van der Waals surface area contributed by atoms with Crippen LogP contribution in [-0.2, 0) is 19.4 Å². The fraction of sp³-hybridized carbons (Fsp3) is 0.333. The summed E-state index contributed by atoms with van der Waals surface area (Å²) in [6, 6.07) is 8.00. The monoisotopic (exact) mass is 422 g/mol. The summed E-state index contributed by atoms with van der Waals surface area (Å²) in [4.78, 5) is 21.8.